The average Bonchev–Trinajstić information content (AvgIpc) is 3.25. The van der Waals surface area contributed by atoms with Gasteiger partial charge in [0.05, 0.1) is 21.8 Å². The SMILES string of the molecule is O=C(C1CCN(c2ccnc3ccsc23)C1)N1CCCC1. The van der Waals surface area contributed by atoms with E-state index in [-0.39, 0.29) is 5.92 Å². The lowest BCUT2D eigenvalue weighted by Gasteiger charge is -2.22. The number of hydrogen-bond donors (Lipinski definition) is 0. The Hall–Kier alpha value is -1.62. The molecule has 2 aromatic rings. The zero-order valence-electron chi connectivity index (χ0n) is 12.0. The summed E-state index contributed by atoms with van der Waals surface area (Å²) in [6.45, 7) is 3.74. The molecule has 0 spiro atoms. The first-order chi connectivity index (χ1) is 10.3. The van der Waals surface area contributed by atoms with Gasteiger partial charge in [-0.2, -0.15) is 0 Å². The van der Waals surface area contributed by atoms with Crippen molar-refractivity contribution in [2.24, 2.45) is 5.92 Å². The van der Waals surface area contributed by atoms with Gasteiger partial charge in [0.2, 0.25) is 5.91 Å². The Kier molecular flexibility index (Phi) is 3.30. The molecule has 4 rings (SSSR count). The summed E-state index contributed by atoms with van der Waals surface area (Å²) in [5.74, 6) is 0.540. The summed E-state index contributed by atoms with van der Waals surface area (Å²) in [6.07, 6.45) is 5.19. The van der Waals surface area contributed by atoms with Gasteiger partial charge >= 0.3 is 0 Å². The fourth-order valence-electron chi connectivity index (χ4n) is 3.49. The van der Waals surface area contributed by atoms with Gasteiger partial charge in [-0.05, 0) is 36.8 Å². The molecule has 110 valence electrons. The molecule has 0 bridgehead atoms. The van der Waals surface area contributed by atoms with Crippen LogP contribution in [0.25, 0.3) is 10.2 Å². The second-order valence-electron chi connectivity index (χ2n) is 5.93. The molecule has 0 aromatic carbocycles. The molecule has 0 radical (unpaired) electrons. The smallest absolute Gasteiger partial charge is 0.227 e. The van der Waals surface area contributed by atoms with Gasteiger partial charge in [0.25, 0.3) is 0 Å². The van der Waals surface area contributed by atoms with Crippen LogP contribution in [0.1, 0.15) is 19.3 Å². The molecule has 4 heterocycles. The fourth-order valence-corrected chi connectivity index (χ4v) is 4.38. The molecule has 2 fully saturated rings. The fraction of sp³-hybridized carbons (Fsp3) is 0.500. The van der Waals surface area contributed by atoms with Crippen LogP contribution in [0, 0.1) is 5.92 Å². The van der Waals surface area contributed by atoms with Crippen LogP contribution in [-0.2, 0) is 4.79 Å². The van der Waals surface area contributed by atoms with E-state index in [0.717, 1.165) is 38.1 Å². The lowest BCUT2D eigenvalue weighted by molar-refractivity contribution is -0.133. The molecule has 0 aliphatic carbocycles. The van der Waals surface area contributed by atoms with E-state index < -0.39 is 0 Å². The normalized spacial score (nSPS) is 22.4. The van der Waals surface area contributed by atoms with Crippen molar-refractivity contribution in [3.05, 3.63) is 23.7 Å². The van der Waals surface area contributed by atoms with Crippen LogP contribution in [0.3, 0.4) is 0 Å². The summed E-state index contributed by atoms with van der Waals surface area (Å²) in [5, 5.41) is 2.09. The van der Waals surface area contributed by atoms with E-state index >= 15 is 0 Å². The molecular weight excluding hydrogens is 282 g/mol. The predicted molar refractivity (Wildman–Crippen MR) is 85.8 cm³/mol. The summed E-state index contributed by atoms with van der Waals surface area (Å²) < 4.78 is 1.24. The number of likely N-dealkylation sites (tertiary alicyclic amines) is 1. The number of nitrogens with zero attached hydrogens (tertiary/aromatic N) is 3. The molecule has 0 N–H and O–H groups in total. The number of amides is 1. The van der Waals surface area contributed by atoms with Gasteiger partial charge < -0.3 is 9.80 Å². The molecule has 21 heavy (non-hydrogen) atoms. The zero-order chi connectivity index (χ0) is 14.2. The largest absolute Gasteiger partial charge is 0.369 e. The van der Waals surface area contributed by atoms with Crippen molar-refractivity contribution in [1.29, 1.82) is 0 Å². The van der Waals surface area contributed by atoms with Gasteiger partial charge in [0.15, 0.2) is 0 Å². The highest BCUT2D eigenvalue weighted by Gasteiger charge is 2.33. The van der Waals surface area contributed by atoms with Crippen molar-refractivity contribution in [3.63, 3.8) is 0 Å². The summed E-state index contributed by atoms with van der Waals surface area (Å²) in [5.41, 5.74) is 2.30. The highest BCUT2D eigenvalue weighted by atomic mass is 32.1. The number of fused-ring (bicyclic) bond motifs is 1. The van der Waals surface area contributed by atoms with Crippen molar-refractivity contribution in [2.75, 3.05) is 31.1 Å². The summed E-state index contributed by atoms with van der Waals surface area (Å²) in [4.78, 5) is 21.3. The standard InChI is InChI=1S/C16H19N3OS/c20-16(18-7-1-2-8-18)12-4-9-19(11-12)14-3-6-17-13-5-10-21-15(13)14/h3,5-6,10,12H,1-2,4,7-9,11H2. The zero-order valence-corrected chi connectivity index (χ0v) is 12.8. The molecule has 1 amide bonds. The monoisotopic (exact) mass is 301 g/mol. The second-order valence-corrected chi connectivity index (χ2v) is 6.85. The predicted octanol–water partition coefficient (Wildman–Crippen LogP) is 2.75. The lowest BCUT2D eigenvalue weighted by Crippen LogP contribution is -2.35. The number of aromatic nitrogens is 1. The second kappa shape index (κ2) is 5.30. The van der Waals surface area contributed by atoms with Gasteiger partial charge in [-0.1, -0.05) is 0 Å². The number of pyridine rings is 1. The minimum absolute atomic E-state index is 0.172. The van der Waals surface area contributed by atoms with E-state index in [0.29, 0.717) is 5.91 Å². The van der Waals surface area contributed by atoms with Crippen molar-refractivity contribution < 1.29 is 4.79 Å². The topological polar surface area (TPSA) is 36.4 Å². The van der Waals surface area contributed by atoms with Crippen LogP contribution in [0.5, 0.6) is 0 Å². The Labute approximate surface area is 128 Å². The number of anilines is 1. The average molecular weight is 301 g/mol. The van der Waals surface area contributed by atoms with Crippen LogP contribution in [0.4, 0.5) is 5.69 Å². The molecule has 2 saturated heterocycles. The molecule has 1 unspecified atom stereocenters. The molecule has 0 saturated carbocycles. The number of hydrogen-bond acceptors (Lipinski definition) is 4. The van der Waals surface area contributed by atoms with Crippen molar-refractivity contribution >= 4 is 33.1 Å². The Morgan fingerprint density at radius 1 is 1.24 bits per heavy atom. The van der Waals surface area contributed by atoms with Crippen LogP contribution in [0.15, 0.2) is 23.7 Å². The maximum absolute atomic E-state index is 12.5. The molecule has 2 aliphatic heterocycles. The van der Waals surface area contributed by atoms with Gasteiger partial charge in [0.1, 0.15) is 0 Å². The molecule has 2 aromatic heterocycles. The highest BCUT2D eigenvalue weighted by Crippen LogP contribution is 2.33. The quantitative estimate of drug-likeness (QED) is 0.856. The number of thiophene rings is 1. The Morgan fingerprint density at radius 2 is 2.10 bits per heavy atom. The van der Waals surface area contributed by atoms with E-state index in [1.54, 1.807) is 11.3 Å². The van der Waals surface area contributed by atoms with E-state index in [2.05, 4.69) is 32.3 Å². The Bertz CT molecular complexity index is 662. The molecular formula is C16H19N3OS. The third-order valence-electron chi connectivity index (χ3n) is 4.62. The lowest BCUT2D eigenvalue weighted by atomic mass is 10.1. The third kappa shape index (κ3) is 2.29. The first-order valence-corrected chi connectivity index (χ1v) is 8.57. The minimum atomic E-state index is 0.172. The molecule has 1 atom stereocenters. The van der Waals surface area contributed by atoms with E-state index in [9.17, 15) is 4.79 Å². The maximum Gasteiger partial charge on any atom is 0.227 e. The first kappa shape index (κ1) is 13.1. The van der Waals surface area contributed by atoms with Crippen LogP contribution in [-0.4, -0.2) is 42.0 Å². The van der Waals surface area contributed by atoms with E-state index in [1.165, 1.54) is 23.2 Å². The van der Waals surface area contributed by atoms with Crippen LogP contribution in [0.2, 0.25) is 0 Å². The van der Waals surface area contributed by atoms with Crippen molar-refractivity contribution in [3.8, 4) is 0 Å². The van der Waals surface area contributed by atoms with E-state index in [4.69, 9.17) is 0 Å². The van der Waals surface area contributed by atoms with Gasteiger partial charge in [-0.15, -0.1) is 11.3 Å². The van der Waals surface area contributed by atoms with Crippen LogP contribution >= 0.6 is 11.3 Å². The van der Waals surface area contributed by atoms with Gasteiger partial charge in [-0.25, -0.2) is 0 Å². The Morgan fingerprint density at radius 3 is 2.95 bits per heavy atom. The van der Waals surface area contributed by atoms with E-state index in [1.807, 2.05) is 6.20 Å². The number of carbonyl (C=O) groups is 1. The van der Waals surface area contributed by atoms with Crippen LogP contribution < -0.4 is 4.90 Å². The maximum atomic E-state index is 12.5. The first-order valence-electron chi connectivity index (χ1n) is 7.69. The molecule has 5 heteroatoms. The molecule has 4 nitrogen and oxygen atoms in total. The highest BCUT2D eigenvalue weighted by molar-refractivity contribution is 7.17. The molecule has 2 aliphatic rings. The van der Waals surface area contributed by atoms with Crippen molar-refractivity contribution in [2.45, 2.75) is 19.3 Å². The summed E-state index contributed by atoms with van der Waals surface area (Å²) in [7, 11) is 0. The van der Waals surface area contributed by atoms with Gasteiger partial charge in [0, 0.05) is 32.4 Å². The third-order valence-corrected chi connectivity index (χ3v) is 5.55. The number of rotatable bonds is 2. The summed E-state index contributed by atoms with van der Waals surface area (Å²) >= 11 is 1.74. The van der Waals surface area contributed by atoms with Crippen molar-refractivity contribution in [1.82, 2.24) is 9.88 Å². The number of carbonyl (C=O) groups excluding carboxylic acids is 1. The minimum Gasteiger partial charge on any atom is -0.369 e. The van der Waals surface area contributed by atoms with Gasteiger partial charge in [-0.3, -0.25) is 9.78 Å². The Balaban J connectivity index is 1.53. The summed E-state index contributed by atoms with van der Waals surface area (Å²) in [6, 6.07) is 4.15.